The summed E-state index contributed by atoms with van der Waals surface area (Å²) in [4.78, 5) is 17.5. The Bertz CT molecular complexity index is 969. The van der Waals surface area contributed by atoms with Crippen LogP contribution in [0.1, 0.15) is 25.5 Å². The van der Waals surface area contributed by atoms with Crippen molar-refractivity contribution in [1.82, 2.24) is 9.55 Å². The third-order valence-electron chi connectivity index (χ3n) is 3.85. The third kappa shape index (κ3) is 3.83. The summed E-state index contributed by atoms with van der Waals surface area (Å²) in [5, 5.41) is 1.85. The van der Waals surface area contributed by atoms with Crippen LogP contribution in [0.25, 0.3) is 10.9 Å². The lowest BCUT2D eigenvalue weighted by Crippen LogP contribution is -2.25. The molecule has 130 valence electrons. The molecule has 0 N–H and O–H groups in total. The Morgan fingerprint density at radius 1 is 1.24 bits per heavy atom. The van der Waals surface area contributed by atoms with Crippen LogP contribution in [0.15, 0.2) is 52.4 Å². The van der Waals surface area contributed by atoms with Gasteiger partial charge in [0.15, 0.2) is 5.16 Å². The van der Waals surface area contributed by atoms with Gasteiger partial charge in [-0.05, 0) is 49.7 Å². The molecule has 1 aromatic heterocycles. The summed E-state index contributed by atoms with van der Waals surface area (Å²) in [6.45, 7) is 3.97. The zero-order valence-electron chi connectivity index (χ0n) is 14.3. The van der Waals surface area contributed by atoms with E-state index in [4.69, 9.17) is 16.3 Å². The predicted octanol–water partition coefficient (Wildman–Crippen LogP) is 4.93. The molecule has 0 saturated carbocycles. The normalized spacial score (nSPS) is 11.2. The van der Waals surface area contributed by atoms with Crippen LogP contribution in [0.3, 0.4) is 0 Å². The smallest absolute Gasteiger partial charge is 0.262 e. The van der Waals surface area contributed by atoms with Gasteiger partial charge in [-0.3, -0.25) is 9.36 Å². The largest absolute Gasteiger partial charge is 0.497 e. The number of aromatic nitrogens is 2. The van der Waals surface area contributed by atoms with Crippen LogP contribution in [0.4, 0.5) is 0 Å². The van der Waals surface area contributed by atoms with Crippen LogP contribution >= 0.6 is 23.4 Å². The maximum atomic E-state index is 12.9. The first-order chi connectivity index (χ1) is 12.0. The molecule has 25 heavy (non-hydrogen) atoms. The molecule has 0 fully saturated rings. The van der Waals surface area contributed by atoms with Gasteiger partial charge in [0.1, 0.15) is 5.75 Å². The molecule has 2 aromatic carbocycles. The van der Waals surface area contributed by atoms with Crippen LogP contribution in [0.5, 0.6) is 5.75 Å². The molecule has 6 heteroatoms. The number of ether oxygens (including phenoxy) is 1. The average Bonchev–Trinajstić information content (AvgIpc) is 2.59. The molecular weight excluding hydrogens is 356 g/mol. The predicted molar refractivity (Wildman–Crippen MR) is 104 cm³/mol. The number of methoxy groups -OCH3 is 1. The van der Waals surface area contributed by atoms with Crippen molar-refractivity contribution in [2.75, 3.05) is 7.11 Å². The Labute approximate surface area is 155 Å². The maximum absolute atomic E-state index is 12.9. The number of hydrogen-bond donors (Lipinski definition) is 0. The number of nitrogens with zero attached hydrogens (tertiary/aromatic N) is 2. The van der Waals surface area contributed by atoms with Gasteiger partial charge in [-0.25, -0.2) is 4.98 Å². The molecule has 3 rings (SSSR count). The fourth-order valence-electron chi connectivity index (χ4n) is 2.62. The zero-order valence-corrected chi connectivity index (χ0v) is 15.9. The molecule has 4 nitrogen and oxygen atoms in total. The second-order valence-corrected chi connectivity index (χ2v) is 7.34. The van der Waals surface area contributed by atoms with E-state index >= 15 is 0 Å². The highest BCUT2D eigenvalue weighted by atomic mass is 35.5. The van der Waals surface area contributed by atoms with Crippen molar-refractivity contribution >= 4 is 34.3 Å². The first-order valence-corrected chi connectivity index (χ1v) is 9.33. The molecule has 0 spiro atoms. The van der Waals surface area contributed by atoms with Gasteiger partial charge in [0.2, 0.25) is 0 Å². The van der Waals surface area contributed by atoms with Crippen LogP contribution in [0, 0.1) is 0 Å². The average molecular weight is 375 g/mol. The van der Waals surface area contributed by atoms with Gasteiger partial charge in [-0.15, -0.1) is 0 Å². The molecule has 0 atom stereocenters. The van der Waals surface area contributed by atoms with E-state index in [0.717, 1.165) is 11.3 Å². The second kappa shape index (κ2) is 7.50. The fraction of sp³-hybridized carbons (Fsp3) is 0.263. The van der Waals surface area contributed by atoms with Crippen molar-refractivity contribution in [3.8, 4) is 5.75 Å². The SMILES string of the molecule is COc1cccc(CSc2nc3cc(Cl)ccc3c(=O)n2C(C)C)c1. The van der Waals surface area contributed by atoms with E-state index in [9.17, 15) is 4.79 Å². The second-order valence-electron chi connectivity index (χ2n) is 5.96. The summed E-state index contributed by atoms with van der Waals surface area (Å²) in [6, 6.07) is 13.1. The monoisotopic (exact) mass is 374 g/mol. The Hall–Kier alpha value is -1.98. The van der Waals surface area contributed by atoms with Crippen molar-refractivity contribution in [2.24, 2.45) is 0 Å². The van der Waals surface area contributed by atoms with Gasteiger partial charge >= 0.3 is 0 Å². The van der Waals surface area contributed by atoms with Crippen LogP contribution in [-0.2, 0) is 5.75 Å². The molecule has 0 amide bonds. The quantitative estimate of drug-likeness (QED) is 0.469. The van der Waals surface area contributed by atoms with Crippen LogP contribution < -0.4 is 10.3 Å². The summed E-state index contributed by atoms with van der Waals surface area (Å²) in [5.41, 5.74) is 1.70. The van der Waals surface area contributed by atoms with E-state index in [1.807, 2.05) is 38.1 Å². The van der Waals surface area contributed by atoms with E-state index in [-0.39, 0.29) is 11.6 Å². The van der Waals surface area contributed by atoms with Crippen LogP contribution in [-0.4, -0.2) is 16.7 Å². The molecule has 0 bridgehead atoms. The number of hydrogen-bond acceptors (Lipinski definition) is 4. The maximum Gasteiger partial charge on any atom is 0.262 e. The minimum Gasteiger partial charge on any atom is -0.497 e. The van der Waals surface area contributed by atoms with Gasteiger partial charge < -0.3 is 4.74 Å². The van der Waals surface area contributed by atoms with Gasteiger partial charge in [-0.1, -0.05) is 35.5 Å². The Balaban J connectivity index is 2.01. The van der Waals surface area contributed by atoms with Crippen molar-refractivity contribution < 1.29 is 4.74 Å². The molecule has 0 aliphatic rings. The summed E-state index contributed by atoms with van der Waals surface area (Å²) in [5.74, 6) is 1.51. The Kier molecular flexibility index (Phi) is 5.35. The van der Waals surface area contributed by atoms with Crippen LogP contribution in [0.2, 0.25) is 5.02 Å². The van der Waals surface area contributed by atoms with Crippen molar-refractivity contribution in [3.05, 3.63) is 63.4 Å². The number of benzene rings is 2. The molecule has 0 unspecified atom stereocenters. The summed E-state index contributed by atoms with van der Waals surface area (Å²) in [7, 11) is 1.65. The summed E-state index contributed by atoms with van der Waals surface area (Å²) >= 11 is 7.60. The number of rotatable bonds is 5. The molecule has 0 saturated heterocycles. The lowest BCUT2D eigenvalue weighted by Gasteiger charge is -2.16. The first-order valence-electron chi connectivity index (χ1n) is 7.97. The lowest BCUT2D eigenvalue weighted by molar-refractivity contribution is 0.414. The molecule has 0 aliphatic carbocycles. The number of thioether (sulfide) groups is 1. The lowest BCUT2D eigenvalue weighted by atomic mass is 10.2. The van der Waals surface area contributed by atoms with Crippen molar-refractivity contribution in [1.29, 1.82) is 0 Å². The standard InChI is InChI=1S/C19H19ClN2O2S/c1-12(2)22-18(23)16-8-7-14(20)10-17(16)21-19(22)25-11-13-5-4-6-15(9-13)24-3/h4-10,12H,11H2,1-3H3. The highest BCUT2D eigenvalue weighted by molar-refractivity contribution is 7.98. The molecular formula is C19H19ClN2O2S. The molecule has 3 aromatic rings. The minimum atomic E-state index is -0.0372. The first kappa shape index (κ1) is 17.8. The molecule has 0 aliphatic heterocycles. The van der Waals surface area contributed by atoms with Gasteiger partial charge in [0, 0.05) is 16.8 Å². The van der Waals surface area contributed by atoms with Gasteiger partial charge in [-0.2, -0.15) is 0 Å². The van der Waals surface area contributed by atoms with Crippen molar-refractivity contribution in [3.63, 3.8) is 0 Å². The van der Waals surface area contributed by atoms with Gasteiger partial charge in [0.25, 0.3) is 5.56 Å². The van der Waals surface area contributed by atoms with Gasteiger partial charge in [0.05, 0.1) is 18.0 Å². The topological polar surface area (TPSA) is 44.1 Å². The van der Waals surface area contributed by atoms with Crippen molar-refractivity contribution in [2.45, 2.75) is 30.8 Å². The Morgan fingerprint density at radius 3 is 2.76 bits per heavy atom. The molecule has 0 radical (unpaired) electrons. The van der Waals surface area contributed by atoms with E-state index in [1.54, 1.807) is 29.9 Å². The van der Waals surface area contributed by atoms with E-state index in [1.165, 1.54) is 11.8 Å². The fourth-order valence-corrected chi connectivity index (χ4v) is 3.86. The number of fused-ring (bicyclic) bond motifs is 1. The minimum absolute atomic E-state index is 0.0212. The summed E-state index contributed by atoms with van der Waals surface area (Å²) < 4.78 is 7.00. The Morgan fingerprint density at radius 2 is 2.04 bits per heavy atom. The number of halogens is 1. The van der Waals surface area contributed by atoms with E-state index in [0.29, 0.717) is 26.8 Å². The third-order valence-corrected chi connectivity index (χ3v) is 5.11. The van der Waals surface area contributed by atoms with E-state index < -0.39 is 0 Å². The highest BCUT2D eigenvalue weighted by Gasteiger charge is 2.14. The summed E-state index contributed by atoms with van der Waals surface area (Å²) in [6.07, 6.45) is 0. The van der Waals surface area contributed by atoms with E-state index in [2.05, 4.69) is 4.98 Å². The molecule has 1 heterocycles. The highest BCUT2D eigenvalue weighted by Crippen LogP contribution is 2.26. The zero-order chi connectivity index (χ0) is 18.0.